The SMILES string of the molecule is CC(CCl)C(C)NC(=O)CCOCC(F)F. The van der Waals surface area contributed by atoms with Gasteiger partial charge in [0.05, 0.1) is 6.61 Å². The number of ether oxygens (including phenoxy) is 1. The summed E-state index contributed by atoms with van der Waals surface area (Å²) in [5.41, 5.74) is 0. The van der Waals surface area contributed by atoms with Gasteiger partial charge in [-0.25, -0.2) is 8.78 Å². The van der Waals surface area contributed by atoms with Crippen LogP contribution >= 0.6 is 11.6 Å². The Morgan fingerprint density at radius 2 is 2.06 bits per heavy atom. The lowest BCUT2D eigenvalue weighted by molar-refractivity contribution is -0.123. The molecule has 0 aromatic heterocycles. The molecule has 0 aliphatic rings. The van der Waals surface area contributed by atoms with Gasteiger partial charge in [-0.05, 0) is 12.8 Å². The molecule has 0 rings (SSSR count). The smallest absolute Gasteiger partial charge is 0.261 e. The first kappa shape index (κ1) is 15.6. The molecule has 1 N–H and O–H groups in total. The second kappa shape index (κ2) is 8.70. The van der Waals surface area contributed by atoms with E-state index in [2.05, 4.69) is 10.1 Å². The quantitative estimate of drug-likeness (QED) is 0.534. The Kier molecular flexibility index (Phi) is 8.47. The van der Waals surface area contributed by atoms with Crippen molar-refractivity contribution in [3.05, 3.63) is 0 Å². The van der Waals surface area contributed by atoms with E-state index in [1.165, 1.54) is 0 Å². The Morgan fingerprint density at radius 3 is 2.56 bits per heavy atom. The van der Waals surface area contributed by atoms with Gasteiger partial charge in [0, 0.05) is 18.3 Å². The monoisotopic (exact) mass is 257 g/mol. The van der Waals surface area contributed by atoms with Gasteiger partial charge in [0.25, 0.3) is 6.43 Å². The van der Waals surface area contributed by atoms with E-state index in [1.54, 1.807) is 0 Å². The number of amides is 1. The van der Waals surface area contributed by atoms with Crippen molar-refractivity contribution in [2.45, 2.75) is 32.7 Å². The van der Waals surface area contributed by atoms with Gasteiger partial charge >= 0.3 is 0 Å². The molecular weight excluding hydrogens is 240 g/mol. The second-order valence-corrected chi connectivity index (χ2v) is 4.01. The van der Waals surface area contributed by atoms with E-state index in [0.29, 0.717) is 5.88 Å². The largest absolute Gasteiger partial charge is 0.375 e. The molecule has 0 radical (unpaired) electrons. The number of nitrogens with one attached hydrogen (secondary N) is 1. The fourth-order valence-corrected chi connectivity index (χ4v) is 1.21. The highest BCUT2D eigenvalue weighted by atomic mass is 35.5. The fraction of sp³-hybridized carbons (Fsp3) is 0.900. The Balaban J connectivity index is 3.58. The van der Waals surface area contributed by atoms with Crippen LogP contribution in [0, 0.1) is 5.92 Å². The third-order valence-electron chi connectivity index (χ3n) is 2.20. The lowest BCUT2D eigenvalue weighted by Crippen LogP contribution is -2.38. The van der Waals surface area contributed by atoms with Crippen molar-refractivity contribution in [1.29, 1.82) is 0 Å². The molecule has 96 valence electrons. The number of carbonyl (C=O) groups excluding carboxylic acids is 1. The van der Waals surface area contributed by atoms with Crippen molar-refractivity contribution in [3.63, 3.8) is 0 Å². The number of carbonyl (C=O) groups is 1. The lowest BCUT2D eigenvalue weighted by Gasteiger charge is -2.18. The third-order valence-corrected chi connectivity index (χ3v) is 2.69. The van der Waals surface area contributed by atoms with E-state index >= 15 is 0 Å². The highest BCUT2D eigenvalue weighted by molar-refractivity contribution is 6.18. The summed E-state index contributed by atoms with van der Waals surface area (Å²) in [5, 5.41) is 2.73. The van der Waals surface area contributed by atoms with Crippen LogP contribution in [0.5, 0.6) is 0 Å². The Bertz CT molecular complexity index is 205. The zero-order valence-corrected chi connectivity index (χ0v) is 10.3. The normalized spacial score (nSPS) is 14.9. The van der Waals surface area contributed by atoms with Crippen LogP contribution in [0.1, 0.15) is 20.3 Å². The maximum absolute atomic E-state index is 11.7. The lowest BCUT2D eigenvalue weighted by atomic mass is 10.1. The summed E-state index contributed by atoms with van der Waals surface area (Å²) in [5.74, 6) is 0.426. The Hall–Kier alpha value is -0.420. The first-order valence-corrected chi connectivity index (χ1v) is 5.72. The zero-order valence-electron chi connectivity index (χ0n) is 9.51. The summed E-state index contributed by atoms with van der Waals surface area (Å²) < 4.78 is 28.0. The van der Waals surface area contributed by atoms with Crippen LogP contribution in [0.25, 0.3) is 0 Å². The molecule has 0 aromatic carbocycles. The minimum atomic E-state index is -2.49. The highest BCUT2D eigenvalue weighted by Gasteiger charge is 2.13. The Morgan fingerprint density at radius 1 is 1.44 bits per heavy atom. The predicted molar refractivity (Wildman–Crippen MR) is 58.9 cm³/mol. The van der Waals surface area contributed by atoms with Crippen LogP contribution in [-0.4, -0.2) is 37.5 Å². The first-order chi connectivity index (χ1) is 7.47. The number of halogens is 3. The zero-order chi connectivity index (χ0) is 12.6. The van der Waals surface area contributed by atoms with Gasteiger partial charge in [0.15, 0.2) is 0 Å². The summed E-state index contributed by atoms with van der Waals surface area (Å²) in [6.45, 7) is 3.16. The van der Waals surface area contributed by atoms with Gasteiger partial charge in [-0.15, -0.1) is 11.6 Å². The molecule has 1 amide bonds. The molecule has 0 aliphatic heterocycles. The van der Waals surface area contributed by atoms with Gasteiger partial charge in [-0.1, -0.05) is 6.92 Å². The number of rotatable bonds is 8. The maximum atomic E-state index is 11.7. The van der Waals surface area contributed by atoms with E-state index in [-0.39, 0.29) is 30.9 Å². The van der Waals surface area contributed by atoms with E-state index in [9.17, 15) is 13.6 Å². The first-order valence-electron chi connectivity index (χ1n) is 5.18. The third kappa shape index (κ3) is 7.82. The second-order valence-electron chi connectivity index (χ2n) is 3.70. The van der Waals surface area contributed by atoms with Gasteiger partial charge < -0.3 is 10.1 Å². The number of hydrogen-bond acceptors (Lipinski definition) is 2. The Labute approximate surface area is 99.5 Å². The van der Waals surface area contributed by atoms with Gasteiger partial charge in [0.2, 0.25) is 5.91 Å². The van der Waals surface area contributed by atoms with Crippen LogP contribution < -0.4 is 5.32 Å². The molecule has 2 atom stereocenters. The molecule has 0 aromatic rings. The van der Waals surface area contributed by atoms with Gasteiger partial charge in [0.1, 0.15) is 6.61 Å². The standard InChI is InChI=1S/C10H18ClF2NO2/c1-7(5-11)8(2)14-10(15)3-4-16-6-9(12)13/h7-9H,3-6H2,1-2H3,(H,14,15). The number of hydrogen-bond donors (Lipinski definition) is 1. The van der Waals surface area contributed by atoms with E-state index < -0.39 is 13.0 Å². The maximum Gasteiger partial charge on any atom is 0.261 e. The summed E-state index contributed by atoms with van der Waals surface area (Å²) in [4.78, 5) is 11.3. The van der Waals surface area contributed by atoms with E-state index in [1.807, 2.05) is 13.8 Å². The molecule has 0 saturated heterocycles. The molecule has 0 spiro atoms. The van der Waals surface area contributed by atoms with Gasteiger partial charge in [-0.3, -0.25) is 4.79 Å². The van der Waals surface area contributed by atoms with Crippen molar-refractivity contribution in [2.75, 3.05) is 19.1 Å². The van der Waals surface area contributed by atoms with Crippen LogP contribution in [0.15, 0.2) is 0 Å². The average molecular weight is 258 g/mol. The van der Waals surface area contributed by atoms with Gasteiger partial charge in [-0.2, -0.15) is 0 Å². The van der Waals surface area contributed by atoms with Crippen molar-refractivity contribution in [3.8, 4) is 0 Å². The van der Waals surface area contributed by atoms with Crippen molar-refractivity contribution >= 4 is 17.5 Å². The average Bonchev–Trinajstić information content (AvgIpc) is 2.22. The minimum absolute atomic E-state index is 0.0121. The molecule has 0 heterocycles. The van der Waals surface area contributed by atoms with E-state index in [4.69, 9.17) is 11.6 Å². The summed E-state index contributed by atoms with van der Waals surface area (Å²) >= 11 is 5.63. The summed E-state index contributed by atoms with van der Waals surface area (Å²) in [7, 11) is 0. The van der Waals surface area contributed by atoms with Crippen LogP contribution in [-0.2, 0) is 9.53 Å². The molecule has 3 nitrogen and oxygen atoms in total. The molecule has 0 fully saturated rings. The highest BCUT2D eigenvalue weighted by Crippen LogP contribution is 2.04. The summed E-state index contributed by atoms with van der Waals surface area (Å²) in [6, 6.07) is -0.0277. The predicted octanol–water partition coefficient (Wildman–Crippen LogP) is 2.04. The molecule has 0 aliphatic carbocycles. The van der Waals surface area contributed by atoms with E-state index in [0.717, 1.165) is 0 Å². The molecule has 0 saturated carbocycles. The van der Waals surface area contributed by atoms with Crippen LogP contribution in [0.2, 0.25) is 0 Å². The van der Waals surface area contributed by atoms with Crippen LogP contribution in [0.3, 0.4) is 0 Å². The molecule has 16 heavy (non-hydrogen) atoms. The number of alkyl halides is 3. The molecule has 0 bridgehead atoms. The minimum Gasteiger partial charge on any atom is -0.375 e. The topological polar surface area (TPSA) is 38.3 Å². The van der Waals surface area contributed by atoms with Crippen molar-refractivity contribution in [2.24, 2.45) is 5.92 Å². The van der Waals surface area contributed by atoms with Crippen molar-refractivity contribution in [1.82, 2.24) is 5.32 Å². The van der Waals surface area contributed by atoms with Crippen LogP contribution in [0.4, 0.5) is 8.78 Å². The van der Waals surface area contributed by atoms with Crippen molar-refractivity contribution < 1.29 is 18.3 Å². The molecule has 2 unspecified atom stereocenters. The fourth-order valence-electron chi connectivity index (χ4n) is 0.939. The summed E-state index contributed by atoms with van der Waals surface area (Å²) in [6.07, 6.45) is -2.40. The molecule has 6 heteroatoms. The molecular formula is C10H18ClF2NO2.